The van der Waals surface area contributed by atoms with Crippen LogP contribution in [0.25, 0.3) is 0 Å². The van der Waals surface area contributed by atoms with Crippen LogP contribution in [0.15, 0.2) is 34.9 Å². The van der Waals surface area contributed by atoms with E-state index in [1.807, 2.05) is 42.3 Å². The highest BCUT2D eigenvalue weighted by atomic mass is 16.5. The molecule has 2 heterocycles. The second-order valence-electron chi connectivity index (χ2n) is 7.17. The lowest BCUT2D eigenvalue weighted by Crippen LogP contribution is -2.47. The topological polar surface area (TPSA) is 71.3 Å². The van der Waals surface area contributed by atoms with Crippen LogP contribution >= 0.6 is 0 Å². The number of carbonyl (C=O) groups excluding carboxylic acids is 1. The van der Waals surface area contributed by atoms with Gasteiger partial charge in [0.2, 0.25) is 5.89 Å². The van der Waals surface area contributed by atoms with E-state index in [4.69, 9.17) is 4.52 Å². The molecule has 2 atom stereocenters. The molecule has 1 aliphatic heterocycles. The molecule has 1 saturated heterocycles. The fourth-order valence-electron chi connectivity index (χ4n) is 3.31. The van der Waals surface area contributed by atoms with Crippen LogP contribution in [0.2, 0.25) is 0 Å². The molecule has 3 rings (SSSR count). The zero-order valence-electron chi connectivity index (χ0n) is 15.2. The highest BCUT2D eigenvalue weighted by molar-refractivity contribution is 5.94. The number of nitrogens with zero attached hydrogens (tertiary/aromatic N) is 3. The van der Waals surface area contributed by atoms with Gasteiger partial charge < -0.3 is 14.7 Å². The summed E-state index contributed by atoms with van der Waals surface area (Å²) in [5, 5.41) is 7.30. The van der Waals surface area contributed by atoms with Crippen molar-refractivity contribution in [1.82, 2.24) is 20.4 Å². The van der Waals surface area contributed by atoms with Crippen LogP contribution in [0.1, 0.15) is 48.8 Å². The van der Waals surface area contributed by atoms with Crippen molar-refractivity contribution < 1.29 is 9.32 Å². The monoisotopic (exact) mass is 342 g/mol. The van der Waals surface area contributed by atoms with Gasteiger partial charge in [-0.05, 0) is 45.9 Å². The minimum atomic E-state index is -0.295. The van der Waals surface area contributed by atoms with Gasteiger partial charge in [0.15, 0.2) is 5.82 Å². The maximum atomic E-state index is 12.8. The Balaban J connectivity index is 1.74. The molecule has 1 aromatic heterocycles. The van der Waals surface area contributed by atoms with Crippen LogP contribution in [0, 0.1) is 0 Å². The van der Waals surface area contributed by atoms with E-state index in [1.165, 1.54) is 0 Å². The highest BCUT2D eigenvalue weighted by Crippen LogP contribution is 2.33. The van der Waals surface area contributed by atoms with Crippen molar-refractivity contribution in [3.8, 4) is 0 Å². The van der Waals surface area contributed by atoms with Gasteiger partial charge in [-0.25, -0.2) is 0 Å². The first-order chi connectivity index (χ1) is 12.0. The molecule has 1 amide bonds. The van der Waals surface area contributed by atoms with Gasteiger partial charge >= 0.3 is 0 Å². The SMILES string of the molecule is CNC(C)Cc1noc(C2(C)CCCN(C(=O)c3ccccc3)C2)n1. The van der Waals surface area contributed by atoms with Gasteiger partial charge in [0.25, 0.3) is 5.91 Å². The van der Waals surface area contributed by atoms with Crippen LogP contribution < -0.4 is 5.32 Å². The number of likely N-dealkylation sites (N-methyl/N-ethyl adjacent to an activating group) is 1. The molecule has 0 bridgehead atoms. The number of nitrogens with one attached hydrogen (secondary N) is 1. The van der Waals surface area contributed by atoms with Crippen LogP contribution in [-0.2, 0) is 11.8 Å². The Morgan fingerprint density at radius 2 is 2.16 bits per heavy atom. The third kappa shape index (κ3) is 3.90. The Bertz CT molecular complexity index is 715. The molecule has 1 aliphatic rings. The maximum Gasteiger partial charge on any atom is 0.253 e. The number of aromatic nitrogens is 2. The molecule has 0 saturated carbocycles. The molecular weight excluding hydrogens is 316 g/mol. The van der Waals surface area contributed by atoms with Gasteiger partial charge in [-0.2, -0.15) is 4.98 Å². The molecular formula is C19H26N4O2. The fraction of sp³-hybridized carbons (Fsp3) is 0.526. The van der Waals surface area contributed by atoms with Crippen LogP contribution in [0.5, 0.6) is 0 Å². The molecule has 0 radical (unpaired) electrons. The predicted molar refractivity (Wildman–Crippen MR) is 95.5 cm³/mol. The van der Waals surface area contributed by atoms with E-state index in [2.05, 4.69) is 29.3 Å². The summed E-state index contributed by atoms with van der Waals surface area (Å²) in [5.41, 5.74) is 0.428. The standard InChI is InChI=1S/C19H26N4O2/c1-14(20-3)12-16-21-18(25-22-16)19(2)10-7-11-23(13-19)17(24)15-8-5-4-6-9-15/h4-6,8-9,14,20H,7,10-13H2,1-3H3. The Kier molecular flexibility index (Phi) is 5.18. The summed E-state index contributed by atoms with van der Waals surface area (Å²) in [6.07, 6.45) is 2.59. The second kappa shape index (κ2) is 7.35. The van der Waals surface area contributed by atoms with E-state index in [0.717, 1.165) is 31.4 Å². The van der Waals surface area contributed by atoms with Gasteiger partial charge in [-0.3, -0.25) is 4.79 Å². The quantitative estimate of drug-likeness (QED) is 0.903. The normalized spacial score (nSPS) is 22.0. The molecule has 1 aromatic carbocycles. The summed E-state index contributed by atoms with van der Waals surface area (Å²) >= 11 is 0. The Morgan fingerprint density at radius 3 is 2.88 bits per heavy atom. The van der Waals surface area contributed by atoms with E-state index >= 15 is 0 Å². The number of hydrogen-bond donors (Lipinski definition) is 1. The number of hydrogen-bond acceptors (Lipinski definition) is 5. The third-order valence-electron chi connectivity index (χ3n) is 4.97. The fourth-order valence-corrected chi connectivity index (χ4v) is 3.31. The molecule has 2 aromatic rings. The van der Waals surface area contributed by atoms with Crippen molar-refractivity contribution in [1.29, 1.82) is 0 Å². The minimum Gasteiger partial charge on any atom is -0.339 e. The molecule has 0 aliphatic carbocycles. The number of rotatable bonds is 5. The summed E-state index contributed by atoms with van der Waals surface area (Å²) < 4.78 is 5.56. The van der Waals surface area contributed by atoms with E-state index in [1.54, 1.807) is 0 Å². The van der Waals surface area contributed by atoms with Crippen molar-refractivity contribution in [3.05, 3.63) is 47.6 Å². The smallest absolute Gasteiger partial charge is 0.253 e. The zero-order chi connectivity index (χ0) is 17.9. The first-order valence-corrected chi connectivity index (χ1v) is 8.86. The second-order valence-corrected chi connectivity index (χ2v) is 7.17. The third-order valence-corrected chi connectivity index (χ3v) is 4.97. The van der Waals surface area contributed by atoms with E-state index < -0.39 is 0 Å². The lowest BCUT2D eigenvalue weighted by atomic mass is 9.81. The first kappa shape index (κ1) is 17.6. The van der Waals surface area contributed by atoms with Gasteiger partial charge in [-0.1, -0.05) is 23.4 Å². The molecule has 6 heteroatoms. The number of likely N-dealkylation sites (tertiary alicyclic amines) is 1. The van der Waals surface area contributed by atoms with Gasteiger partial charge in [-0.15, -0.1) is 0 Å². The van der Waals surface area contributed by atoms with Crippen molar-refractivity contribution in [2.75, 3.05) is 20.1 Å². The van der Waals surface area contributed by atoms with Crippen LogP contribution in [-0.4, -0.2) is 47.1 Å². The number of carbonyl (C=O) groups is 1. The summed E-state index contributed by atoms with van der Waals surface area (Å²) in [4.78, 5) is 19.3. The van der Waals surface area contributed by atoms with E-state index in [-0.39, 0.29) is 11.3 Å². The van der Waals surface area contributed by atoms with Crippen molar-refractivity contribution in [2.45, 2.75) is 44.6 Å². The summed E-state index contributed by atoms with van der Waals surface area (Å²) in [6, 6.07) is 9.72. The van der Waals surface area contributed by atoms with Gasteiger partial charge in [0.05, 0.1) is 5.41 Å². The number of benzene rings is 1. The minimum absolute atomic E-state index is 0.0649. The molecule has 134 valence electrons. The van der Waals surface area contributed by atoms with Gasteiger partial charge in [0.1, 0.15) is 0 Å². The van der Waals surface area contributed by atoms with Crippen LogP contribution in [0.4, 0.5) is 0 Å². The summed E-state index contributed by atoms with van der Waals surface area (Å²) in [6.45, 7) is 5.56. The molecule has 1 fully saturated rings. The van der Waals surface area contributed by atoms with Gasteiger partial charge in [0, 0.05) is 31.1 Å². The molecule has 1 N–H and O–H groups in total. The molecule has 25 heavy (non-hydrogen) atoms. The molecule has 2 unspecified atom stereocenters. The largest absolute Gasteiger partial charge is 0.339 e. The maximum absolute atomic E-state index is 12.8. The predicted octanol–water partition coefficient (Wildman–Crippen LogP) is 2.41. The summed E-state index contributed by atoms with van der Waals surface area (Å²) in [5.74, 6) is 1.41. The molecule has 6 nitrogen and oxygen atoms in total. The van der Waals surface area contributed by atoms with Crippen molar-refractivity contribution in [2.24, 2.45) is 0 Å². The van der Waals surface area contributed by atoms with Crippen molar-refractivity contribution >= 4 is 5.91 Å². The van der Waals surface area contributed by atoms with Crippen LogP contribution in [0.3, 0.4) is 0 Å². The Labute approximate surface area is 148 Å². The van der Waals surface area contributed by atoms with E-state index in [0.29, 0.717) is 24.3 Å². The number of piperidine rings is 1. The lowest BCUT2D eigenvalue weighted by molar-refractivity contribution is 0.0620. The Morgan fingerprint density at radius 1 is 1.40 bits per heavy atom. The highest BCUT2D eigenvalue weighted by Gasteiger charge is 2.39. The number of amides is 1. The average molecular weight is 342 g/mol. The Hall–Kier alpha value is -2.21. The summed E-state index contributed by atoms with van der Waals surface area (Å²) in [7, 11) is 1.92. The van der Waals surface area contributed by atoms with E-state index in [9.17, 15) is 4.79 Å². The average Bonchev–Trinajstić information content (AvgIpc) is 3.11. The lowest BCUT2D eigenvalue weighted by Gasteiger charge is -2.38. The first-order valence-electron chi connectivity index (χ1n) is 8.86. The molecule has 0 spiro atoms. The zero-order valence-corrected chi connectivity index (χ0v) is 15.2. The van der Waals surface area contributed by atoms with Crippen molar-refractivity contribution in [3.63, 3.8) is 0 Å².